The molecule has 2 aliphatic rings. The number of aromatic nitrogens is 3. The van der Waals surface area contributed by atoms with E-state index in [0.717, 1.165) is 78.8 Å². The highest BCUT2D eigenvalue weighted by Gasteiger charge is 2.27. The number of hydrogen-bond donors (Lipinski definition) is 2. The molecule has 1 saturated heterocycles. The lowest BCUT2D eigenvalue weighted by atomic mass is 10.1. The summed E-state index contributed by atoms with van der Waals surface area (Å²) < 4.78 is 5.33. The minimum absolute atomic E-state index is 0.0643. The van der Waals surface area contributed by atoms with Crippen LogP contribution in [0.4, 0.5) is 5.69 Å². The summed E-state index contributed by atoms with van der Waals surface area (Å²) in [6, 6.07) is 17.6. The molecule has 0 atom stereocenters. The molecule has 200 valence electrons. The highest BCUT2D eigenvalue weighted by atomic mass is 35.5. The van der Waals surface area contributed by atoms with Crippen molar-refractivity contribution >= 4 is 40.0 Å². The number of H-pyrrole nitrogens is 1. The van der Waals surface area contributed by atoms with Crippen molar-refractivity contribution in [3.8, 4) is 0 Å². The summed E-state index contributed by atoms with van der Waals surface area (Å²) >= 11 is 6.39. The molecule has 4 aromatic rings. The van der Waals surface area contributed by atoms with Gasteiger partial charge in [0.15, 0.2) is 0 Å². The number of ether oxygens (including phenoxy) is 1. The zero-order chi connectivity index (χ0) is 26.8. The van der Waals surface area contributed by atoms with Gasteiger partial charge in [-0.05, 0) is 60.9 Å². The summed E-state index contributed by atoms with van der Waals surface area (Å²) in [4.78, 5) is 29.9. The lowest BCUT2D eigenvalue weighted by molar-refractivity contribution is 0.0561. The molecular formula is C30H31ClN6O2. The fourth-order valence-electron chi connectivity index (χ4n) is 5.06. The first-order chi connectivity index (χ1) is 19.0. The third-order valence-electron chi connectivity index (χ3n) is 7.40. The molecule has 1 saturated carbocycles. The maximum Gasteiger partial charge on any atom is 0.338 e. The van der Waals surface area contributed by atoms with E-state index in [1.165, 1.54) is 5.56 Å². The van der Waals surface area contributed by atoms with Gasteiger partial charge in [0.1, 0.15) is 12.4 Å². The number of aromatic amines is 1. The molecule has 39 heavy (non-hydrogen) atoms. The van der Waals surface area contributed by atoms with Crippen molar-refractivity contribution in [1.29, 1.82) is 5.41 Å². The van der Waals surface area contributed by atoms with E-state index in [-0.39, 0.29) is 6.61 Å². The molecule has 0 spiro atoms. The average molecular weight is 543 g/mol. The van der Waals surface area contributed by atoms with Crippen LogP contribution in [0.1, 0.15) is 40.3 Å². The van der Waals surface area contributed by atoms with Gasteiger partial charge in [-0.15, -0.1) is 0 Å². The van der Waals surface area contributed by atoms with Gasteiger partial charge in [0.05, 0.1) is 27.3 Å². The van der Waals surface area contributed by atoms with E-state index in [0.29, 0.717) is 23.6 Å². The van der Waals surface area contributed by atoms with Gasteiger partial charge in [0.2, 0.25) is 0 Å². The predicted molar refractivity (Wildman–Crippen MR) is 153 cm³/mol. The van der Waals surface area contributed by atoms with Crippen molar-refractivity contribution in [1.82, 2.24) is 19.9 Å². The van der Waals surface area contributed by atoms with Gasteiger partial charge in [-0.3, -0.25) is 9.88 Å². The Bertz CT molecular complexity index is 1510. The maximum atomic E-state index is 12.5. The standard InChI is InChI=1S/C30H31ClN6O2/c31-24-3-1-2-4-28(24)37-13-11-36(12-14-37)18-20-9-10-33-23(15-20)17-29-34-26-8-7-22(16-27(26)35-29)30(38)39-19-25(32)21-5-6-21/h1-4,7-10,15-16,21,32H,5-6,11-14,17-19H2,(H,34,35). The summed E-state index contributed by atoms with van der Waals surface area (Å²) in [5.74, 6) is 0.677. The minimum Gasteiger partial charge on any atom is -0.456 e. The molecule has 0 bridgehead atoms. The fraction of sp³-hybridized carbons (Fsp3) is 0.333. The molecule has 2 aromatic heterocycles. The third-order valence-corrected chi connectivity index (χ3v) is 7.72. The number of para-hydroxylation sites is 1. The second kappa shape index (κ2) is 11.2. The zero-order valence-corrected chi connectivity index (χ0v) is 22.5. The SMILES string of the molecule is N=C(COC(=O)c1ccc2nc(Cc3cc(CN4CCN(c5ccccc5Cl)CC4)ccn3)[nH]c2c1)C1CC1. The van der Waals surface area contributed by atoms with E-state index in [9.17, 15) is 4.79 Å². The molecule has 0 unspecified atom stereocenters. The number of anilines is 1. The second-order valence-electron chi connectivity index (χ2n) is 10.3. The molecule has 2 aromatic carbocycles. The number of esters is 1. The molecule has 1 aliphatic carbocycles. The topological polar surface area (TPSA) is 98.2 Å². The molecule has 0 amide bonds. The molecule has 8 nitrogen and oxygen atoms in total. The fourth-order valence-corrected chi connectivity index (χ4v) is 5.31. The van der Waals surface area contributed by atoms with E-state index < -0.39 is 5.97 Å². The largest absolute Gasteiger partial charge is 0.456 e. The van der Waals surface area contributed by atoms with Gasteiger partial charge in [-0.25, -0.2) is 9.78 Å². The number of hydrogen-bond acceptors (Lipinski definition) is 7. The normalized spacial score (nSPS) is 16.0. The Kier molecular flexibility index (Phi) is 7.30. The van der Waals surface area contributed by atoms with Crippen LogP contribution in [0.25, 0.3) is 11.0 Å². The highest BCUT2D eigenvalue weighted by Crippen LogP contribution is 2.30. The number of benzene rings is 2. The maximum absolute atomic E-state index is 12.5. The Balaban J connectivity index is 1.06. The minimum atomic E-state index is -0.416. The van der Waals surface area contributed by atoms with Crippen LogP contribution in [0.15, 0.2) is 60.8 Å². The van der Waals surface area contributed by atoms with Gasteiger partial charge >= 0.3 is 5.97 Å². The molecule has 0 radical (unpaired) electrons. The number of pyridine rings is 1. The van der Waals surface area contributed by atoms with Crippen molar-refractivity contribution in [2.45, 2.75) is 25.8 Å². The number of carbonyl (C=O) groups excluding carboxylic acids is 1. The van der Waals surface area contributed by atoms with Crippen molar-refractivity contribution in [2.24, 2.45) is 5.92 Å². The van der Waals surface area contributed by atoms with E-state index >= 15 is 0 Å². The molecule has 2 fully saturated rings. The zero-order valence-electron chi connectivity index (χ0n) is 21.7. The number of imidazole rings is 1. The van der Waals surface area contributed by atoms with Crippen LogP contribution in [-0.2, 0) is 17.7 Å². The van der Waals surface area contributed by atoms with Gasteiger partial charge in [0, 0.05) is 62.7 Å². The summed E-state index contributed by atoms with van der Waals surface area (Å²) in [6.45, 7) is 4.76. The first-order valence-electron chi connectivity index (χ1n) is 13.4. The van der Waals surface area contributed by atoms with Crippen LogP contribution in [0.5, 0.6) is 0 Å². The van der Waals surface area contributed by atoms with Crippen LogP contribution in [0.3, 0.4) is 0 Å². The van der Waals surface area contributed by atoms with Crippen molar-refractivity contribution in [3.63, 3.8) is 0 Å². The molecule has 9 heteroatoms. The third kappa shape index (κ3) is 6.13. The lowest BCUT2D eigenvalue weighted by Crippen LogP contribution is -2.46. The monoisotopic (exact) mass is 542 g/mol. The molecular weight excluding hydrogens is 512 g/mol. The van der Waals surface area contributed by atoms with Crippen molar-refractivity contribution in [3.05, 3.63) is 88.5 Å². The van der Waals surface area contributed by atoms with Gasteiger partial charge in [-0.1, -0.05) is 23.7 Å². The molecule has 3 heterocycles. The Morgan fingerprint density at radius 2 is 1.90 bits per heavy atom. The number of nitrogens with one attached hydrogen (secondary N) is 2. The number of carbonyl (C=O) groups is 1. The quantitative estimate of drug-likeness (QED) is 0.225. The molecule has 1 aliphatic heterocycles. The van der Waals surface area contributed by atoms with Crippen LogP contribution >= 0.6 is 11.6 Å². The van der Waals surface area contributed by atoms with Gasteiger partial charge < -0.3 is 20.0 Å². The van der Waals surface area contributed by atoms with Crippen LogP contribution < -0.4 is 4.90 Å². The van der Waals surface area contributed by atoms with Crippen molar-refractivity contribution in [2.75, 3.05) is 37.7 Å². The predicted octanol–water partition coefficient (Wildman–Crippen LogP) is 5.11. The van der Waals surface area contributed by atoms with Crippen LogP contribution in [0, 0.1) is 11.3 Å². The average Bonchev–Trinajstić information content (AvgIpc) is 3.72. The van der Waals surface area contributed by atoms with E-state index in [2.05, 4.69) is 38.0 Å². The lowest BCUT2D eigenvalue weighted by Gasteiger charge is -2.36. The second-order valence-corrected chi connectivity index (χ2v) is 10.7. The number of halogens is 1. The molecule has 6 rings (SSSR count). The molecule has 2 N–H and O–H groups in total. The number of rotatable bonds is 9. The first kappa shape index (κ1) is 25.5. The first-order valence-corrected chi connectivity index (χ1v) is 13.8. The van der Waals surface area contributed by atoms with Gasteiger partial charge in [-0.2, -0.15) is 0 Å². The van der Waals surface area contributed by atoms with Gasteiger partial charge in [0.25, 0.3) is 0 Å². The number of piperazine rings is 1. The van der Waals surface area contributed by atoms with E-state index in [4.69, 9.17) is 26.7 Å². The Labute approximate surface area is 232 Å². The van der Waals surface area contributed by atoms with Crippen LogP contribution in [0.2, 0.25) is 5.02 Å². The van der Waals surface area contributed by atoms with Crippen molar-refractivity contribution < 1.29 is 9.53 Å². The summed E-state index contributed by atoms with van der Waals surface area (Å²) in [6.07, 6.45) is 4.48. The Morgan fingerprint density at radius 3 is 2.69 bits per heavy atom. The summed E-state index contributed by atoms with van der Waals surface area (Å²) in [5.41, 5.74) is 5.81. The Hall–Kier alpha value is -3.75. The van der Waals surface area contributed by atoms with E-state index in [1.54, 1.807) is 12.1 Å². The number of fused-ring (bicyclic) bond motifs is 1. The smallest absolute Gasteiger partial charge is 0.338 e. The summed E-state index contributed by atoms with van der Waals surface area (Å²) in [5, 5.41) is 8.73. The Morgan fingerprint density at radius 1 is 1.08 bits per heavy atom. The summed E-state index contributed by atoms with van der Waals surface area (Å²) in [7, 11) is 0. The van der Waals surface area contributed by atoms with E-state index in [1.807, 2.05) is 30.5 Å². The number of nitrogens with zero attached hydrogens (tertiary/aromatic N) is 4. The van der Waals surface area contributed by atoms with Crippen LogP contribution in [-0.4, -0.2) is 64.3 Å². The highest BCUT2D eigenvalue weighted by molar-refractivity contribution is 6.33.